The van der Waals surface area contributed by atoms with E-state index < -0.39 is 0 Å². The van der Waals surface area contributed by atoms with Crippen LogP contribution in [-0.4, -0.2) is 18.8 Å². The summed E-state index contributed by atoms with van der Waals surface area (Å²) in [5.74, 6) is 0.891. The Bertz CT molecular complexity index is 434. The topological polar surface area (TPSA) is 41.5 Å². The van der Waals surface area contributed by atoms with E-state index in [0.29, 0.717) is 11.5 Å². The molecule has 0 aromatic heterocycles. The molecule has 2 N–H and O–H groups in total. The van der Waals surface area contributed by atoms with Crippen LogP contribution in [0.3, 0.4) is 0 Å². The number of aromatic hydroxyl groups is 1. The van der Waals surface area contributed by atoms with E-state index in [9.17, 15) is 5.11 Å². The average Bonchev–Trinajstić information content (AvgIpc) is 2.65. The van der Waals surface area contributed by atoms with Crippen molar-refractivity contribution in [1.29, 1.82) is 0 Å². The second-order valence-corrected chi connectivity index (χ2v) is 5.13. The van der Waals surface area contributed by atoms with E-state index in [1.54, 1.807) is 7.11 Å². The monoisotopic (exact) mass is 235 g/mol. The van der Waals surface area contributed by atoms with Crippen LogP contribution in [0.1, 0.15) is 36.5 Å². The van der Waals surface area contributed by atoms with Crippen LogP contribution in [0.25, 0.3) is 0 Å². The minimum atomic E-state index is -0.130. The lowest BCUT2D eigenvalue weighted by molar-refractivity contribution is 0.348. The Labute approximate surface area is 103 Å². The zero-order chi connectivity index (χ0) is 12.6. The van der Waals surface area contributed by atoms with Gasteiger partial charge in [-0.1, -0.05) is 6.07 Å². The number of rotatable bonds is 2. The van der Waals surface area contributed by atoms with E-state index in [1.807, 2.05) is 13.8 Å². The van der Waals surface area contributed by atoms with Gasteiger partial charge in [0.15, 0.2) is 11.5 Å². The van der Waals surface area contributed by atoms with Crippen LogP contribution in [0.5, 0.6) is 11.5 Å². The predicted octanol–water partition coefficient (Wildman–Crippen LogP) is 2.62. The molecule has 2 rings (SSSR count). The molecular weight excluding hydrogens is 214 g/mol. The molecule has 1 atom stereocenters. The first-order valence-electron chi connectivity index (χ1n) is 6.12. The standard InChI is InChI=1S/C14H21NO2/c1-9-8-10(2)13(17-4)12(16)11(9)14(3)6-5-7-15-14/h8,15-16H,5-7H2,1-4H3. The lowest BCUT2D eigenvalue weighted by Gasteiger charge is -2.29. The lowest BCUT2D eigenvalue weighted by Crippen LogP contribution is -2.34. The Morgan fingerprint density at radius 1 is 1.35 bits per heavy atom. The summed E-state index contributed by atoms with van der Waals surface area (Å²) < 4.78 is 5.30. The largest absolute Gasteiger partial charge is 0.504 e. The smallest absolute Gasteiger partial charge is 0.163 e. The molecular formula is C14H21NO2. The molecule has 1 heterocycles. The molecule has 17 heavy (non-hydrogen) atoms. The molecule has 94 valence electrons. The number of phenols is 1. The summed E-state index contributed by atoms with van der Waals surface area (Å²) >= 11 is 0. The van der Waals surface area contributed by atoms with Crippen molar-refractivity contribution in [2.75, 3.05) is 13.7 Å². The molecule has 0 radical (unpaired) electrons. The van der Waals surface area contributed by atoms with E-state index in [-0.39, 0.29) is 5.54 Å². The second kappa shape index (κ2) is 4.22. The van der Waals surface area contributed by atoms with Crippen molar-refractivity contribution in [2.24, 2.45) is 0 Å². The third kappa shape index (κ3) is 1.89. The molecule has 0 aliphatic carbocycles. The van der Waals surface area contributed by atoms with Gasteiger partial charge in [0.25, 0.3) is 0 Å². The van der Waals surface area contributed by atoms with Gasteiger partial charge in [-0.15, -0.1) is 0 Å². The number of nitrogens with one attached hydrogen (secondary N) is 1. The number of aryl methyl sites for hydroxylation is 2. The van der Waals surface area contributed by atoms with Crippen molar-refractivity contribution in [3.8, 4) is 11.5 Å². The lowest BCUT2D eigenvalue weighted by atomic mass is 9.85. The molecule has 0 bridgehead atoms. The number of methoxy groups -OCH3 is 1. The number of hydrogen-bond acceptors (Lipinski definition) is 3. The van der Waals surface area contributed by atoms with Gasteiger partial charge in [0.1, 0.15) is 0 Å². The summed E-state index contributed by atoms with van der Waals surface area (Å²) in [6.07, 6.45) is 2.19. The summed E-state index contributed by atoms with van der Waals surface area (Å²) in [7, 11) is 1.60. The molecule has 1 unspecified atom stereocenters. The highest BCUT2D eigenvalue weighted by Crippen LogP contribution is 2.44. The van der Waals surface area contributed by atoms with Crippen molar-refractivity contribution >= 4 is 0 Å². The summed E-state index contributed by atoms with van der Waals surface area (Å²) in [5, 5.41) is 13.9. The Morgan fingerprint density at radius 3 is 2.59 bits per heavy atom. The van der Waals surface area contributed by atoms with Crippen LogP contribution in [0.15, 0.2) is 6.07 Å². The first-order valence-corrected chi connectivity index (χ1v) is 6.12. The Hall–Kier alpha value is -1.22. The first kappa shape index (κ1) is 12.2. The van der Waals surface area contributed by atoms with Crippen LogP contribution in [0, 0.1) is 13.8 Å². The van der Waals surface area contributed by atoms with Crippen LogP contribution in [-0.2, 0) is 5.54 Å². The fraction of sp³-hybridized carbons (Fsp3) is 0.571. The van der Waals surface area contributed by atoms with E-state index >= 15 is 0 Å². The zero-order valence-corrected chi connectivity index (χ0v) is 11.1. The molecule has 0 spiro atoms. The first-order chi connectivity index (χ1) is 7.99. The predicted molar refractivity (Wildman–Crippen MR) is 68.7 cm³/mol. The number of benzene rings is 1. The number of hydrogen-bond donors (Lipinski definition) is 2. The summed E-state index contributed by atoms with van der Waals surface area (Å²) in [6.45, 7) is 7.16. The summed E-state index contributed by atoms with van der Waals surface area (Å²) in [6, 6.07) is 2.08. The van der Waals surface area contributed by atoms with Crippen LogP contribution in [0.4, 0.5) is 0 Å². The van der Waals surface area contributed by atoms with E-state index in [4.69, 9.17) is 4.74 Å². The molecule has 1 aromatic rings. The van der Waals surface area contributed by atoms with Gasteiger partial charge in [0.05, 0.1) is 7.11 Å². The van der Waals surface area contributed by atoms with E-state index in [0.717, 1.165) is 36.1 Å². The molecule has 3 nitrogen and oxygen atoms in total. The Morgan fingerprint density at radius 2 is 2.06 bits per heavy atom. The third-order valence-electron chi connectivity index (χ3n) is 3.76. The normalized spacial score (nSPS) is 24.0. The Balaban J connectivity index is 2.60. The second-order valence-electron chi connectivity index (χ2n) is 5.13. The fourth-order valence-corrected chi connectivity index (χ4v) is 3.01. The highest BCUT2D eigenvalue weighted by molar-refractivity contribution is 5.56. The average molecular weight is 235 g/mol. The molecule has 1 fully saturated rings. The molecule has 1 saturated heterocycles. The molecule has 1 aliphatic rings. The zero-order valence-electron chi connectivity index (χ0n) is 11.1. The molecule has 1 aliphatic heterocycles. The summed E-state index contributed by atoms with van der Waals surface area (Å²) in [4.78, 5) is 0. The highest BCUT2D eigenvalue weighted by atomic mass is 16.5. The fourth-order valence-electron chi connectivity index (χ4n) is 3.01. The maximum atomic E-state index is 10.4. The minimum Gasteiger partial charge on any atom is -0.504 e. The van der Waals surface area contributed by atoms with E-state index in [1.165, 1.54) is 0 Å². The van der Waals surface area contributed by atoms with Crippen LogP contribution >= 0.6 is 0 Å². The van der Waals surface area contributed by atoms with Crippen molar-refractivity contribution in [3.63, 3.8) is 0 Å². The van der Waals surface area contributed by atoms with Crippen LogP contribution < -0.4 is 10.1 Å². The van der Waals surface area contributed by atoms with Crippen molar-refractivity contribution in [1.82, 2.24) is 5.32 Å². The van der Waals surface area contributed by atoms with Gasteiger partial charge in [-0.3, -0.25) is 0 Å². The van der Waals surface area contributed by atoms with Gasteiger partial charge in [-0.05, 0) is 51.3 Å². The van der Waals surface area contributed by atoms with Gasteiger partial charge in [-0.25, -0.2) is 0 Å². The molecule has 0 amide bonds. The van der Waals surface area contributed by atoms with E-state index in [2.05, 4.69) is 18.3 Å². The maximum absolute atomic E-state index is 10.4. The molecule has 1 aromatic carbocycles. The van der Waals surface area contributed by atoms with Gasteiger partial charge in [-0.2, -0.15) is 0 Å². The Kier molecular flexibility index (Phi) is 3.04. The van der Waals surface area contributed by atoms with Gasteiger partial charge in [0, 0.05) is 11.1 Å². The van der Waals surface area contributed by atoms with Crippen LogP contribution in [0.2, 0.25) is 0 Å². The number of ether oxygens (including phenoxy) is 1. The van der Waals surface area contributed by atoms with Gasteiger partial charge < -0.3 is 15.2 Å². The summed E-state index contributed by atoms with van der Waals surface area (Å²) in [5.41, 5.74) is 2.96. The van der Waals surface area contributed by atoms with Crippen molar-refractivity contribution < 1.29 is 9.84 Å². The molecule has 0 saturated carbocycles. The van der Waals surface area contributed by atoms with Crippen molar-refractivity contribution in [3.05, 3.63) is 22.8 Å². The van der Waals surface area contributed by atoms with Gasteiger partial charge in [0.2, 0.25) is 0 Å². The quantitative estimate of drug-likeness (QED) is 0.828. The highest BCUT2D eigenvalue weighted by Gasteiger charge is 2.35. The maximum Gasteiger partial charge on any atom is 0.163 e. The molecule has 3 heteroatoms. The third-order valence-corrected chi connectivity index (χ3v) is 3.76. The number of phenolic OH excluding ortho intramolecular Hbond substituents is 1. The minimum absolute atomic E-state index is 0.130. The van der Waals surface area contributed by atoms with Crippen molar-refractivity contribution in [2.45, 2.75) is 39.2 Å². The van der Waals surface area contributed by atoms with Gasteiger partial charge >= 0.3 is 0 Å². The SMILES string of the molecule is COc1c(C)cc(C)c(C2(C)CCCN2)c1O.